The van der Waals surface area contributed by atoms with Crippen molar-refractivity contribution in [1.82, 2.24) is 9.88 Å². The summed E-state index contributed by atoms with van der Waals surface area (Å²) >= 11 is 0. The summed E-state index contributed by atoms with van der Waals surface area (Å²) in [4.78, 5) is 5.58. The van der Waals surface area contributed by atoms with Gasteiger partial charge >= 0.3 is 0 Å². The van der Waals surface area contributed by atoms with E-state index in [9.17, 15) is 10.2 Å². The number of H-pyrrole nitrogens is 1. The van der Waals surface area contributed by atoms with Crippen molar-refractivity contribution in [2.45, 2.75) is 38.3 Å². The second-order valence-corrected chi connectivity index (χ2v) is 5.75. The normalized spacial score (nSPS) is 21.6. The quantitative estimate of drug-likeness (QED) is 0.801. The topological polar surface area (TPSA) is 59.5 Å². The number of aromatic hydroxyl groups is 1. The molecule has 0 bridgehead atoms. The maximum absolute atomic E-state index is 10.00. The summed E-state index contributed by atoms with van der Waals surface area (Å²) in [5, 5.41) is 20.7. The molecule has 2 unspecified atom stereocenters. The molecule has 1 aromatic carbocycles. The third-order valence-electron chi connectivity index (χ3n) is 4.40. The highest BCUT2D eigenvalue weighted by atomic mass is 16.3. The van der Waals surface area contributed by atoms with Gasteiger partial charge in [0.05, 0.1) is 6.10 Å². The third kappa shape index (κ3) is 2.41. The first-order valence-electron chi connectivity index (χ1n) is 7.37. The molecule has 108 valence electrons. The Kier molecular flexibility index (Phi) is 3.68. The molecule has 1 fully saturated rings. The predicted octanol–water partition coefficient (Wildman–Crippen LogP) is 2.26. The van der Waals surface area contributed by atoms with Crippen LogP contribution in [0.25, 0.3) is 10.9 Å². The summed E-state index contributed by atoms with van der Waals surface area (Å²) in [6.07, 6.45) is 4.85. The average Bonchev–Trinajstić information content (AvgIpc) is 3.03. The second-order valence-electron chi connectivity index (χ2n) is 5.75. The minimum absolute atomic E-state index is 0.270. The third-order valence-corrected chi connectivity index (χ3v) is 4.40. The predicted molar refractivity (Wildman–Crippen MR) is 79.9 cm³/mol. The van der Waals surface area contributed by atoms with E-state index in [0.29, 0.717) is 5.75 Å². The van der Waals surface area contributed by atoms with Crippen LogP contribution in [0.15, 0.2) is 24.4 Å². The molecule has 3 rings (SSSR count). The van der Waals surface area contributed by atoms with Crippen LogP contribution in [0.1, 0.15) is 25.3 Å². The number of nitrogens with zero attached hydrogens (tertiary/aromatic N) is 1. The zero-order valence-corrected chi connectivity index (χ0v) is 11.8. The average molecular weight is 274 g/mol. The van der Waals surface area contributed by atoms with Crippen molar-refractivity contribution in [1.29, 1.82) is 0 Å². The molecule has 0 spiro atoms. The lowest BCUT2D eigenvalue weighted by Crippen LogP contribution is -2.38. The number of aliphatic hydroxyl groups excluding tert-OH is 1. The minimum Gasteiger partial charge on any atom is -0.507 e. The molecule has 4 heteroatoms. The number of phenolic OH excluding ortho intramolecular Hbond substituents is 1. The highest BCUT2D eigenvalue weighted by molar-refractivity contribution is 5.88. The fourth-order valence-corrected chi connectivity index (χ4v) is 3.37. The Morgan fingerprint density at radius 1 is 1.45 bits per heavy atom. The standard InChI is InChI=1S/C16H22N2O2/c1-11(19)14-5-3-8-18(14)9-7-12-10-17-13-4-2-6-15(20)16(12)13/h2,4,6,10-11,14,17,19-20H,3,5,7-9H2,1H3. The number of aromatic amines is 1. The molecular weight excluding hydrogens is 252 g/mol. The fourth-order valence-electron chi connectivity index (χ4n) is 3.37. The van der Waals surface area contributed by atoms with Crippen LogP contribution >= 0.6 is 0 Å². The van der Waals surface area contributed by atoms with Gasteiger partial charge < -0.3 is 15.2 Å². The highest BCUT2D eigenvalue weighted by Crippen LogP contribution is 2.28. The smallest absolute Gasteiger partial charge is 0.125 e. The number of phenols is 1. The molecule has 4 nitrogen and oxygen atoms in total. The van der Waals surface area contributed by atoms with Gasteiger partial charge in [0.25, 0.3) is 0 Å². The fraction of sp³-hybridized carbons (Fsp3) is 0.500. The van der Waals surface area contributed by atoms with Gasteiger partial charge in [-0.3, -0.25) is 4.90 Å². The van der Waals surface area contributed by atoms with Crippen LogP contribution in [0, 0.1) is 0 Å². The van der Waals surface area contributed by atoms with E-state index in [4.69, 9.17) is 0 Å². The molecule has 0 radical (unpaired) electrons. The number of nitrogens with one attached hydrogen (secondary N) is 1. The molecule has 0 amide bonds. The van der Waals surface area contributed by atoms with E-state index in [-0.39, 0.29) is 12.1 Å². The number of benzene rings is 1. The molecular formula is C16H22N2O2. The van der Waals surface area contributed by atoms with Gasteiger partial charge in [0.15, 0.2) is 0 Å². The molecule has 2 aromatic rings. The van der Waals surface area contributed by atoms with Gasteiger partial charge in [0, 0.05) is 29.7 Å². The van der Waals surface area contributed by atoms with Gasteiger partial charge in [-0.1, -0.05) is 6.07 Å². The summed E-state index contributed by atoms with van der Waals surface area (Å²) in [7, 11) is 0. The Hall–Kier alpha value is -1.52. The number of fused-ring (bicyclic) bond motifs is 1. The largest absolute Gasteiger partial charge is 0.507 e. The van der Waals surface area contributed by atoms with Crippen LogP contribution in [0.5, 0.6) is 5.75 Å². The molecule has 1 aliphatic rings. The zero-order valence-electron chi connectivity index (χ0n) is 11.8. The van der Waals surface area contributed by atoms with Gasteiger partial charge in [-0.05, 0) is 50.4 Å². The van der Waals surface area contributed by atoms with Crippen LogP contribution in [-0.4, -0.2) is 45.3 Å². The Bertz CT molecular complexity index is 591. The number of aliphatic hydroxyl groups is 1. The molecule has 3 N–H and O–H groups in total. The van der Waals surface area contributed by atoms with Crippen molar-refractivity contribution in [3.8, 4) is 5.75 Å². The van der Waals surface area contributed by atoms with E-state index in [2.05, 4.69) is 9.88 Å². The molecule has 1 aliphatic heterocycles. The Labute approximate surface area is 119 Å². The summed E-state index contributed by atoms with van der Waals surface area (Å²) < 4.78 is 0. The van der Waals surface area contributed by atoms with Gasteiger partial charge in [-0.25, -0.2) is 0 Å². The summed E-state index contributed by atoms with van der Waals surface area (Å²) in [6.45, 7) is 3.86. The second kappa shape index (κ2) is 5.46. The SMILES string of the molecule is CC(O)C1CCCN1CCc1c[nH]c2cccc(O)c12. The van der Waals surface area contributed by atoms with Gasteiger partial charge in [0.2, 0.25) is 0 Å². The number of aromatic nitrogens is 1. The molecule has 0 saturated carbocycles. The number of hydrogen-bond acceptors (Lipinski definition) is 3. The zero-order chi connectivity index (χ0) is 14.1. The van der Waals surface area contributed by atoms with E-state index in [1.165, 1.54) is 0 Å². The summed E-state index contributed by atoms with van der Waals surface area (Å²) in [5.74, 6) is 0.340. The van der Waals surface area contributed by atoms with Crippen molar-refractivity contribution in [2.24, 2.45) is 0 Å². The minimum atomic E-state index is -0.270. The highest BCUT2D eigenvalue weighted by Gasteiger charge is 2.27. The van der Waals surface area contributed by atoms with Crippen molar-refractivity contribution < 1.29 is 10.2 Å². The van der Waals surface area contributed by atoms with Crippen molar-refractivity contribution in [3.63, 3.8) is 0 Å². The molecule has 1 saturated heterocycles. The Morgan fingerprint density at radius 3 is 3.10 bits per heavy atom. The monoisotopic (exact) mass is 274 g/mol. The van der Waals surface area contributed by atoms with E-state index >= 15 is 0 Å². The molecule has 20 heavy (non-hydrogen) atoms. The number of rotatable bonds is 4. The first-order valence-corrected chi connectivity index (χ1v) is 7.37. The van der Waals surface area contributed by atoms with Crippen molar-refractivity contribution >= 4 is 10.9 Å². The van der Waals surface area contributed by atoms with Crippen LogP contribution < -0.4 is 0 Å². The van der Waals surface area contributed by atoms with Gasteiger partial charge in [0.1, 0.15) is 5.75 Å². The first-order chi connectivity index (χ1) is 9.66. The Balaban J connectivity index is 1.74. The van der Waals surface area contributed by atoms with Crippen LogP contribution in [0.2, 0.25) is 0 Å². The lowest BCUT2D eigenvalue weighted by molar-refractivity contribution is 0.0874. The maximum Gasteiger partial charge on any atom is 0.125 e. The molecule has 2 atom stereocenters. The maximum atomic E-state index is 10.00. The molecule has 2 heterocycles. The lowest BCUT2D eigenvalue weighted by Gasteiger charge is -2.26. The van der Waals surface area contributed by atoms with Crippen molar-refractivity contribution in [2.75, 3.05) is 13.1 Å². The van der Waals surface area contributed by atoms with Gasteiger partial charge in [-0.15, -0.1) is 0 Å². The molecule has 0 aliphatic carbocycles. The first kappa shape index (κ1) is 13.5. The van der Waals surface area contributed by atoms with Crippen LogP contribution in [-0.2, 0) is 6.42 Å². The van der Waals surface area contributed by atoms with Gasteiger partial charge in [-0.2, -0.15) is 0 Å². The summed E-state index contributed by atoms with van der Waals surface area (Å²) in [5.41, 5.74) is 2.13. The molecule has 1 aromatic heterocycles. The van der Waals surface area contributed by atoms with Crippen molar-refractivity contribution in [3.05, 3.63) is 30.0 Å². The van der Waals surface area contributed by atoms with E-state index in [1.807, 2.05) is 25.3 Å². The number of likely N-dealkylation sites (tertiary alicyclic amines) is 1. The van der Waals surface area contributed by atoms with E-state index in [0.717, 1.165) is 48.8 Å². The van der Waals surface area contributed by atoms with Crippen LogP contribution in [0.3, 0.4) is 0 Å². The van der Waals surface area contributed by atoms with E-state index < -0.39 is 0 Å². The Morgan fingerprint density at radius 2 is 2.30 bits per heavy atom. The van der Waals surface area contributed by atoms with Crippen LogP contribution in [0.4, 0.5) is 0 Å². The number of hydrogen-bond donors (Lipinski definition) is 3. The lowest BCUT2D eigenvalue weighted by atomic mass is 10.1. The summed E-state index contributed by atoms with van der Waals surface area (Å²) in [6, 6.07) is 5.84. The van der Waals surface area contributed by atoms with E-state index in [1.54, 1.807) is 6.07 Å².